The first-order valence-corrected chi connectivity index (χ1v) is 9.08. The van der Waals surface area contributed by atoms with Gasteiger partial charge in [-0.2, -0.15) is 0 Å². The van der Waals surface area contributed by atoms with Gasteiger partial charge in [-0.3, -0.25) is 0 Å². The van der Waals surface area contributed by atoms with Gasteiger partial charge in [-0.25, -0.2) is 0 Å². The number of pyridine rings is 2. The van der Waals surface area contributed by atoms with Gasteiger partial charge >= 0.3 is 0 Å². The normalized spacial score (nSPS) is 11.7. The molecule has 2 N–H and O–H groups in total. The van der Waals surface area contributed by atoms with Gasteiger partial charge in [0.05, 0.1) is 11.4 Å². The molecule has 26 heavy (non-hydrogen) atoms. The Kier molecular flexibility index (Phi) is 4.31. The summed E-state index contributed by atoms with van der Waals surface area (Å²) < 4.78 is 4.45. The molecule has 134 valence electrons. The molecule has 4 heteroatoms. The molecule has 0 aliphatic heterocycles. The van der Waals surface area contributed by atoms with Gasteiger partial charge in [0.1, 0.15) is 0 Å². The van der Waals surface area contributed by atoms with Gasteiger partial charge in [0, 0.05) is 36.6 Å². The lowest BCUT2D eigenvalue weighted by atomic mass is 10.0. The molecule has 0 saturated heterocycles. The van der Waals surface area contributed by atoms with Crippen LogP contribution >= 0.6 is 0 Å². The van der Waals surface area contributed by atoms with Crippen molar-refractivity contribution < 1.29 is 10.2 Å². The van der Waals surface area contributed by atoms with Crippen molar-refractivity contribution in [1.82, 2.24) is 8.80 Å². The van der Waals surface area contributed by atoms with Crippen LogP contribution in [0.25, 0.3) is 22.4 Å². The first-order chi connectivity index (χ1) is 12.7. The van der Waals surface area contributed by atoms with Gasteiger partial charge in [-0.05, 0) is 73.2 Å². The third-order valence-corrected chi connectivity index (χ3v) is 5.38. The van der Waals surface area contributed by atoms with Gasteiger partial charge in [0.15, 0.2) is 0 Å². The molecule has 0 radical (unpaired) electrons. The van der Waals surface area contributed by atoms with E-state index in [0.717, 1.165) is 22.4 Å². The molecule has 4 nitrogen and oxygen atoms in total. The van der Waals surface area contributed by atoms with E-state index >= 15 is 0 Å². The zero-order valence-electron chi connectivity index (χ0n) is 15.2. The van der Waals surface area contributed by atoms with E-state index in [1.807, 2.05) is 24.3 Å². The summed E-state index contributed by atoms with van der Waals surface area (Å²) in [6.07, 6.45) is 5.47. The average molecular weight is 348 g/mol. The zero-order valence-corrected chi connectivity index (χ0v) is 15.2. The van der Waals surface area contributed by atoms with Crippen LogP contribution in [0.3, 0.4) is 0 Å². The number of aliphatic hydroxyl groups excluding tert-OH is 2. The van der Waals surface area contributed by atoms with Crippen molar-refractivity contribution in [3.8, 4) is 11.4 Å². The summed E-state index contributed by atoms with van der Waals surface area (Å²) >= 11 is 0. The van der Waals surface area contributed by atoms with Gasteiger partial charge in [0.25, 0.3) is 0 Å². The van der Waals surface area contributed by atoms with E-state index in [4.69, 9.17) is 0 Å². The largest absolute Gasteiger partial charge is 0.396 e. The summed E-state index contributed by atoms with van der Waals surface area (Å²) in [7, 11) is 0. The van der Waals surface area contributed by atoms with Gasteiger partial charge < -0.3 is 19.0 Å². The Morgan fingerprint density at radius 1 is 0.692 bits per heavy atom. The number of hydrogen-bond donors (Lipinski definition) is 2. The molecule has 0 saturated carbocycles. The maximum absolute atomic E-state index is 9.54. The monoisotopic (exact) mass is 348 g/mol. The van der Waals surface area contributed by atoms with Crippen molar-refractivity contribution in [2.75, 3.05) is 13.2 Å². The fourth-order valence-corrected chi connectivity index (χ4v) is 4.24. The minimum atomic E-state index is 0.137. The zero-order chi connectivity index (χ0) is 18.3. The Morgan fingerprint density at radius 2 is 1.12 bits per heavy atom. The first-order valence-electron chi connectivity index (χ1n) is 9.08. The van der Waals surface area contributed by atoms with Crippen LogP contribution in [0.15, 0.2) is 48.8 Å². The standard InChI is InChI=1S/C22H24N2O2/c1-15-17(9-13-25)19-7-3-5-11-23(19)21(15)22-16(2)18(10-14-26)20-8-4-6-12-24(20)22/h3-8,11-12,25-26H,9-10,13-14H2,1-2H3. The summed E-state index contributed by atoms with van der Waals surface area (Å²) in [6, 6.07) is 12.4. The lowest BCUT2D eigenvalue weighted by molar-refractivity contribution is 0.299. The second kappa shape index (κ2) is 6.63. The Morgan fingerprint density at radius 3 is 1.50 bits per heavy atom. The fourth-order valence-electron chi connectivity index (χ4n) is 4.24. The Hall–Kier alpha value is -2.56. The molecule has 4 heterocycles. The molecule has 4 rings (SSSR count). The van der Waals surface area contributed by atoms with E-state index in [9.17, 15) is 10.2 Å². The van der Waals surface area contributed by atoms with E-state index in [1.165, 1.54) is 22.3 Å². The number of hydrogen-bond acceptors (Lipinski definition) is 2. The predicted octanol–water partition coefficient (Wildman–Crippen LogP) is 3.55. The van der Waals surface area contributed by atoms with E-state index < -0.39 is 0 Å². The highest BCUT2D eigenvalue weighted by Gasteiger charge is 2.22. The minimum absolute atomic E-state index is 0.137. The third kappa shape index (κ3) is 2.37. The molecule has 0 aliphatic rings. The maximum Gasteiger partial charge on any atom is 0.0732 e. The van der Waals surface area contributed by atoms with Crippen molar-refractivity contribution in [3.63, 3.8) is 0 Å². The Bertz CT molecular complexity index is 1000. The second-order valence-corrected chi connectivity index (χ2v) is 6.76. The van der Waals surface area contributed by atoms with Crippen molar-refractivity contribution >= 4 is 11.0 Å². The van der Waals surface area contributed by atoms with Crippen LogP contribution in [-0.4, -0.2) is 32.2 Å². The minimum Gasteiger partial charge on any atom is -0.396 e. The molecular formula is C22H24N2O2. The van der Waals surface area contributed by atoms with Gasteiger partial charge in [-0.1, -0.05) is 12.1 Å². The van der Waals surface area contributed by atoms with E-state index in [1.54, 1.807) is 0 Å². The molecule has 4 aromatic rings. The lowest BCUT2D eigenvalue weighted by Crippen LogP contribution is -1.95. The molecule has 4 aromatic heterocycles. The van der Waals surface area contributed by atoms with Crippen molar-refractivity contribution in [1.29, 1.82) is 0 Å². The van der Waals surface area contributed by atoms with E-state index in [0.29, 0.717) is 12.8 Å². The number of aliphatic hydroxyl groups is 2. The molecule has 0 aliphatic carbocycles. The van der Waals surface area contributed by atoms with E-state index in [2.05, 4.69) is 47.2 Å². The van der Waals surface area contributed by atoms with Gasteiger partial charge in [0.2, 0.25) is 0 Å². The Balaban J connectivity index is 2.12. The SMILES string of the molecule is Cc1c(CCO)c2ccccn2c1-c1c(C)c(CCO)c2ccccn12. The van der Waals surface area contributed by atoms with Crippen LogP contribution < -0.4 is 0 Å². The van der Waals surface area contributed by atoms with Crippen molar-refractivity contribution in [2.24, 2.45) is 0 Å². The number of rotatable bonds is 5. The predicted molar refractivity (Wildman–Crippen MR) is 105 cm³/mol. The number of fused-ring (bicyclic) bond motifs is 2. The molecular weight excluding hydrogens is 324 g/mol. The molecule has 0 atom stereocenters. The topological polar surface area (TPSA) is 49.3 Å². The highest BCUT2D eigenvalue weighted by Crippen LogP contribution is 2.37. The molecule has 0 aromatic carbocycles. The smallest absolute Gasteiger partial charge is 0.0732 e. The van der Waals surface area contributed by atoms with Crippen molar-refractivity contribution in [3.05, 3.63) is 71.0 Å². The number of nitrogens with zero attached hydrogens (tertiary/aromatic N) is 2. The highest BCUT2D eigenvalue weighted by molar-refractivity contribution is 5.81. The fraction of sp³-hybridized carbons (Fsp3) is 0.273. The quantitative estimate of drug-likeness (QED) is 0.579. The maximum atomic E-state index is 9.54. The van der Waals surface area contributed by atoms with E-state index in [-0.39, 0.29) is 13.2 Å². The second-order valence-electron chi connectivity index (χ2n) is 6.76. The summed E-state index contributed by atoms with van der Waals surface area (Å²) in [5.74, 6) is 0. The van der Waals surface area contributed by atoms with Gasteiger partial charge in [-0.15, -0.1) is 0 Å². The third-order valence-electron chi connectivity index (χ3n) is 5.38. The first kappa shape index (κ1) is 16.9. The van der Waals surface area contributed by atoms with Crippen LogP contribution in [-0.2, 0) is 12.8 Å². The molecule has 0 unspecified atom stereocenters. The summed E-state index contributed by atoms with van der Waals surface area (Å²) in [5.41, 5.74) is 9.39. The van der Waals surface area contributed by atoms with Crippen molar-refractivity contribution in [2.45, 2.75) is 26.7 Å². The van der Waals surface area contributed by atoms with Crippen LogP contribution in [0.4, 0.5) is 0 Å². The van der Waals surface area contributed by atoms with Crippen LogP contribution in [0.2, 0.25) is 0 Å². The lowest BCUT2D eigenvalue weighted by Gasteiger charge is -2.08. The summed E-state index contributed by atoms with van der Waals surface area (Å²) in [4.78, 5) is 0. The van der Waals surface area contributed by atoms with Crippen LogP contribution in [0, 0.1) is 13.8 Å². The Labute approximate surface area is 153 Å². The summed E-state index contributed by atoms with van der Waals surface area (Å²) in [5, 5.41) is 19.1. The van der Waals surface area contributed by atoms with Crippen LogP contribution in [0.5, 0.6) is 0 Å². The summed E-state index contributed by atoms with van der Waals surface area (Å²) in [6.45, 7) is 4.55. The molecule has 0 spiro atoms. The highest BCUT2D eigenvalue weighted by atomic mass is 16.3. The molecule has 0 bridgehead atoms. The molecule has 0 amide bonds. The van der Waals surface area contributed by atoms with Crippen LogP contribution in [0.1, 0.15) is 22.3 Å². The average Bonchev–Trinajstić information content (AvgIpc) is 3.08. The molecule has 0 fully saturated rings. The number of aromatic nitrogens is 2.